The van der Waals surface area contributed by atoms with Crippen LogP contribution in [0.1, 0.15) is 67.9 Å². The molecule has 0 atom stereocenters. The van der Waals surface area contributed by atoms with Crippen LogP contribution in [0.5, 0.6) is 5.75 Å². The molecule has 1 rings (SSSR count). The SMILES string of the molecule is CC(C)c1cc(C=O)cc(C(C)C)c1OSOOC(F)(F)C(F)(F)C(C)(F)F. The second kappa shape index (κ2) is 8.91. The summed E-state index contributed by atoms with van der Waals surface area (Å²) in [6.07, 6.45) is -4.98. The van der Waals surface area contributed by atoms with Gasteiger partial charge >= 0.3 is 18.0 Å². The lowest BCUT2D eigenvalue weighted by Crippen LogP contribution is -2.53. The van der Waals surface area contributed by atoms with E-state index in [0.29, 0.717) is 23.0 Å². The molecule has 0 saturated heterocycles. The van der Waals surface area contributed by atoms with Crippen molar-refractivity contribution in [3.63, 3.8) is 0 Å². The van der Waals surface area contributed by atoms with Gasteiger partial charge in [-0.3, -0.25) is 4.79 Å². The molecular formula is C17H20F6O4S. The molecule has 11 heteroatoms. The number of rotatable bonds is 10. The second-order valence-corrected chi connectivity index (χ2v) is 7.18. The number of carbonyl (C=O) groups is 1. The summed E-state index contributed by atoms with van der Waals surface area (Å²) in [6, 6.07) is 3.03. The highest BCUT2D eigenvalue weighted by molar-refractivity contribution is 7.90. The molecule has 0 bridgehead atoms. The van der Waals surface area contributed by atoms with Crippen LogP contribution in [0.25, 0.3) is 0 Å². The van der Waals surface area contributed by atoms with E-state index in [-0.39, 0.29) is 36.8 Å². The summed E-state index contributed by atoms with van der Waals surface area (Å²) in [6.45, 7) is 6.75. The normalized spacial score (nSPS) is 13.3. The highest BCUT2D eigenvalue weighted by atomic mass is 32.2. The minimum absolute atomic E-state index is 0.154. The smallest absolute Gasteiger partial charge is 0.398 e. The van der Waals surface area contributed by atoms with E-state index >= 15 is 0 Å². The first-order chi connectivity index (χ1) is 12.7. The Morgan fingerprint density at radius 2 is 1.43 bits per heavy atom. The van der Waals surface area contributed by atoms with E-state index in [4.69, 9.17) is 4.18 Å². The average molecular weight is 434 g/mol. The fraction of sp³-hybridized carbons (Fsp3) is 0.588. The summed E-state index contributed by atoms with van der Waals surface area (Å²) in [5.41, 5.74) is 1.42. The minimum atomic E-state index is -5.81. The summed E-state index contributed by atoms with van der Waals surface area (Å²) in [4.78, 5) is 14.3. The number of carbonyl (C=O) groups excluding carboxylic acids is 1. The molecule has 28 heavy (non-hydrogen) atoms. The standard InChI is InChI=1S/C17H20F6O4S/c1-9(2)12-6-11(8-24)7-13(10(3)4)14(12)25-28-27-26-17(22,23)16(20,21)15(5,18)19/h6-10H,1-5H3. The lowest BCUT2D eigenvalue weighted by atomic mass is 9.92. The molecule has 160 valence electrons. The highest BCUT2D eigenvalue weighted by Crippen LogP contribution is 2.46. The Balaban J connectivity index is 2.98. The second-order valence-electron chi connectivity index (χ2n) is 6.74. The van der Waals surface area contributed by atoms with Gasteiger partial charge in [-0.25, -0.2) is 0 Å². The van der Waals surface area contributed by atoms with Crippen molar-refractivity contribution in [1.29, 1.82) is 0 Å². The van der Waals surface area contributed by atoms with Crippen LogP contribution in [0.2, 0.25) is 0 Å². The van der Waals surface area contributed by atoms with Crippen LogP contribution in [0.4, 0.5) is 26.3 Å². The number of hydrogen-bond acceptors (Lipinski definition) is 5. The fourth-order valence-electron chi connectivity index (χ4n) is 2.13. The van der Waals surface area contributed by atoms with Crippen LogP contribution in [-0.2, 0) is 9.22 Å². The van der Waals surface area contributed by atoms with Gasteiger partial charge in [0.1, 0.15) is 12.0 Å². The van der Waals surface area contributed by atoms with Gasteiger partial charge in [0.2, 0.25) is 0 Å². The zero-order valence-electron chi connectivity index (χ0n) is 15.7. The van der Waals surface area contributed by atoms with Gasteiger partial charge in [-0.15, -0.1) is 9.22 Å². The molecule has 0 N–H and O–H groups in total. The molecule has 1 aromatic rings. The Morgan fingerprint density at radius 3 is 1.79 bits per heavy atom. The molecule has 0 aromatic heterocycles. The van der Waals surface area contributed by atoms with Crippen molar-refractivity contribution in [2.75, 3.05) is 0 Å². The maximum atomic E-state index is 13.3. The van der Waals surface area contributed by atoms with E-state index in [1.165, 1.54) is 12.1 Å². The maximum absolute atomic E-state index is 13.3. The zero-order chi connectivity index (χ0) is 21.9. The van der Waals surface area contributed by atoms with E-state index in [0.717, 1.165) is 0 Å². The Kier molecular flexibility index (Phi) is 7.82. The van der Waals surface area contributed by atoms with E-state index in [1.54, 1.807) is 27.7 Å². The van der Waals surface area contributed by atoms with E-state index in [2.05, 4.69) is 9.22 Å². The first-order valence-corrected chi connectivity index (χ1v) is 8.77. The maximum Gasteiger partial charge on any atom is 0.452 e. The van der Waals surface area contributed by atoms with Crippen LogP contribution in [0.15, 0.2) is 12.1 Å². The third kappa shape index (κ3) is 5.32. The summed E-state index contributed by atoms with van der Waals surface area (Å²) in [5.74, 6) is -11.0. The first-order valence-electron chi connectivity index (χ1n) is 8.11. The average Bonchev–Trinajstić information content (AvgIpc) is 2.56. The number of halogens is 6. The molecule has 0 radical (unpaired) electrons. The third-order valence-corrected chi connectivity index (χ3v) is 4.11. The van der Waals surface area contributed by atoms with Crippen LogP contribution in [0, 0.1) is 0 Å². The minimum Gasteiger partial charge on any atom is -0.398 e. The predicted octanol–water partition coefficient (Wildman–Crippen LogP) is 6.52. The fourth-order valence-corrected chi connectivity index (χ4v) is 2.53. The van der Waals surface area contributed by atoms with Crippen molar-refractivity contribution in [3.8, 4) is 5.75 Å². The number of hydrogen-bond donors (Lipinski definition) is 0. The van der Waals surface area contributed by atoms with Gasteiger partial charge in [0.05, 0.1) is 0 Å². The van der Waals surface area contributed by atoms with Crippen molar-refractivity contribution >= 4 is 18.6 Å². The highest BCUT2D eigenvalue weighted by Gasteiger charge is 2.72. The van der Waals surface area contributed by atoms with Gasteiger partial charge in [0, 0.05) is 12.5 Å². The molecule has 0 saturated carbocycles. The lowest BCUT2D eigenvalue weighted by Gasteiger charge is -2.28. The van der Waals surface area contributed by atoms with Gasteiger partial charge in [0.25, 0.3) is 12.3 Å². The molecule has 0 aliphatic carbocycles. The predicted molar refractivity (Wildman–Crippen MR) is 90.9 cm³/mol. The van der Waals surface area contributed by atoms with Crippen LogP contribution < -0.4 is 4.18 Å². The number of aldehydes is 1. The Labute approximate surface area is 162 Å². The summed E-state index contributed by atoms with van der Waals surface area (Å²) >= 11 is -0.232. The van der Waals surface area contributed by atoms with Crippen molar-refractivity contribution in [2.24, 2.45) is 0 Å². The van der Waals surface area contributed by atoms with E-state index in [1.807, 2.05) is 0 Å². The molecule has 0 aliphatic heterocycles. The van der Waals surface area contributed by atoms with Gasteiger partial charge in [0.15, 0.2) is 0 Å². The molecule has 0 unspecified atom stereocenters. The molecular weight excluding hydrogens is 414 g/mol. The number of benzene rings is 1. The Hall–Kier alpha value is -1.46. The van der Waals surface area contributed by atoms with Crippen molar-refractivity contribution in [1.82, 2.24) is 0 Å². The number of alkyl halides is 6. The Morgan fingerprint density at radius 1 is 0.964 bits per heavy atom. The monoisotopic (exact) mass is 434 g/mol. The Bertz CT molecular complexity index is 660. The topological polar surface area (TPSA) is 44.8 Å². The third-order valence-electron chi connectivity index (χ3n) is 3.75. The van der Waals surface area contributed by atoms with Crippen molar-refractivity contribution < 1.29 is 44.5 Å². The van der Waals surface area contributed by atoms with Crippen molar-refractivity contribution in [2.45, 2.75) is 64.4 Å². The lowest BCUT2D eigenvalue weighted by molar-refractivity contribution is -0.470. The molecule has 1 aromatic carbocycles. The molecule has 0 aliphatic rings. The molecule has 0 spiro atoms. The zero-order valence-corrected chi connectivity index (χ0v) is 16.5. The molecule has 0 amide bonds. The van der Waals surface area contributed by atoms with Gasteiger partial charge in [-0.1, -0.05) is 27.7 Å². The molecule has 0 heterocycles. The molecule has 4 nitrogen and oxygen atoms in total. The van der Waals surface area contributed by atoms with E-state index < -0.39 is 18.0 Å². The summed E-state index contributed by atoms with van der Waals surface area (Å²) < 4.78 is 87.1. The summed E-state index contributed by atoms with van der Waals surface area (Å²) in [5, 5.41) is 0. The quantitative estimate of drug-likeness (QED) is 0.105. The van der Waals surface area contributed by atoms with Crippen molar-refractivity contribution in [3.05, 3.63) is 28.8 Å². The van der Waals surface area contributed by atoms with Crippen LogP contribution in [-0.4, -0.2) is 24.2 Å². The van der Waals surface area contributed by atoms with Gasteiger partial charge in [-0.05, 0) is 35.1 Å². The van der Waals surface area contributed by atoms with Crippen LogP contribution in [0.3, 0.4) is 0 Å². The first kappa shape index (κ1) is 24.6. The van der Waals surface area contributed by atoms with Crippen LogP contribution >= 0.6 is 12.3 Å². The molecule has 0 fully saturated rings. The largest absolute Gasteiger partial charge is 0.452 e. The summed E-state index contributed by atoms with van der Waals surface area (Å²) in [7, 11) is 0. The van der Waals surface area contributed by atoms with Gasteiger partial charge < -0.3 is 4.18 Å². The van der Waals surface area contributed by atoms with E-state index in [9.17, 15) is 31.1 Å². The van der Waals surface area contributed by atoms with Gasteiger partial charge in [-0.2, -0.15) is 26.3 Å².